The van der Waals surface area contributed by atoms with E-state index in [1.165, 1.54) is 13.0 Å². The average molecular weight is 216 g/mol. The van der Waals surface area contributed by atoms with Crippen LogP contribution >= 0.6 is 0 Å². The van der Waals surface area contributed by atoms with Gasteiger partial charge in [0.15, 0.2) is 9.84 Å². The molecule has 1 unspecified atom stereocenters. The van der Waals surface area contributed by atoms with Gasteiger partial charge >= 0.3 is 0 Å². The molecule has 0 saturated heterocycles. The number of sulfone groups is 1. The molecule has 0 fully saturated rings. The number of benzene rings is 1. The summed E-state index contributed by atoms with van der Waals surface area (Å²) in [5.74, 6) is -0.917. The van der Waals surface area contributed by atoms with E-state index in [0.717, 1.165) is 12.1 Å². The van der Waals surface area contributed by atoms with Crippen LogP contribution in [0.5, 0.6) is 0 Å². The van der Waals surface area contributed by atoms with Gasteiger partial charge in [-0.1, -0.05) is 0 Å². The van der Waals surface area contributed by atoms with E-state index in [1.54, 1.807) is 0 Å². The van der Waals surface area contributed by atoms with Gasteiger partial charge < -0.3 is 5.11 Å². The molecule has 14 heavy (non-hydrogen) atoms. The molecule has 1 atom stereocenters. The third-order valence-electron chi connectivity index (χ3n) is 2.33. The first kappa shape index (κ1) is 9.61. The Balaban J connectivity index is 2.79. The highest BCUT2D eigenvalue weighted by atomic mass is 32.2. The van der Waals surface area contributed by atoms with Gasteiger partial charge in [0.1, 0.15) is 11.4 Å². The number of rotatable bonds is 0. The van der Waals surface area contributed by atoms with Crippen LogP contribution in [-0.4, -0.2) is 19.3 Å². The van der Waals surface area contributed by atoms with Gasteiger partial charge in [-0.2, -0.15) is 0 Å². The van der Waals surface area contributed by atoms with Crippen LogP contribution in [0.1, 0.15) is 12.5 Å². The Hall–Kier alpha value is -0.940. The van der Waals surface area contributed by atoms with Crippen LogP contribution < -0.4 is 0 Å². The van der Waals surface area contributed by atoms with Crippen LogP contribution in [-0.2, 0) is 15.4 Å². The summed E-state index contributed by atoms with van der Waals surface area (Å²) in [7, 11) is -3.45. The van der Waals surface area contributed by atoms with Gasteiger partial charge in [0.2, 0.25) is 0 Å². The fourth-order valence-electron chi connectivity index (χ4n) is 1.72. The van der Waals surface area contributed by atoms with E-state index < -0.39 is 21.3 Å². The van der Waals surface area contributed by atoms with Gasteiger partial charge in [0.05, 0.1) is 10.6 Å². The first-order valence-corrected chi connectivity index (χ1v) is 5.73. The maximum Gasteiger partial charge on any atom is 0.181 e. The quantitative estimate of drug-likeness (QED) is 0.653. The molecule has 2 rings (SSSR count). The van der Waals surface area contributed by atoms with Gasteiger partial charge in [-0.3, -0.25) is 0 Å². The summed E-state index contributed by atoms with van der Waals surface area (Å²) in [4.78, 5) is 0.0314. The highest BCUT2D eigenvalue weighted by molar-refractivity contribution is 7.91. The summed E-state index contributed by atoms with van der Waals surface area (Å²) in [6.45, 7) is 1.37. The lowest BCUT2D eigenvalue weighted by atomic mass is 9.99. The molecule has 0 spiro atoms. The van der Waals surface area contributed by atoms with Crippen LogP contribution in [0.3, 0.4) is 0 Å². The minimum atomic E-state index is -3.45. The summed E-state index contributed by atoms with van der Waals surface area (Å²) >= 11 is 0. The molecular formula is C9H9FO3S. The summed E-state index contributed by atoms with van der Waals surface area (Å²) in [5, 5.41) is 9.76. The molecule has 0 amide bonds. The van der Waals surface area contributed by atoms with Gasteiger partial charge in [0, 0.05) is 5.56 Å². The number of hydrogen-bond donors (Lipinski definition) is 1. The van der Waals surface area contributed by atoms with Crippen LogP contribution in [0.25, 0.3) is 0 Å². The van der Waals surface area contributed by atoms with Crippen LogP contribution in [0.2, 0.25) is 0 Å². The SMILES string of the molecule is CC1(O)CS(=O)(=O)c2ccc(F)cc21. The molecule has 1 aliphatic rings. The normalized spacial score (nSPS) is 28.8. The maximum atomic E-state index is 12.9. The van der Waals surface area contributed by atoms with Crippen molar-refractivity contribution in [1.29, 1.82) is 0 Å². The third-order valence-corrected chi connectivity index (χ3v) is 4.30. The number of halogens is 1. The molecule has 0 saturated carbocycles. The number of hydrogen-bond acceptors (Lipinski definition) is 3. The topological polar surface area (TPSA) is 54.4 Å². The molecule has 0 aromatic heterocycles. The molecule has 1 aromatic carbocycles. The van der Waals surface area contributed by atoms with E-state index in [2.05, 4.69) is 0 Å². The number of fused-ring (bicyclic) bond motifs is 1. The van der Waals surface area contributed by atoms with Crippen LogP contribution in [0.4, 0.5) is 4.39 Å². The van der Waals surface area contributed by atoms with Gasteiger partial charge in [0.25, 0.3) is 0 Å². The zero-order valence-electron chi connectivity index (χ0n) is 7.49. The van der Waals surface area contributed by atoms with Crippen molar-refractivity contribution in [2.75, 3.05) is 5.75 Å². The smallest absolute Gasteiger partial charge is 0.181 e. The molecule has 5 heteroatoms. The van der Waals surface area contributed by atoms with Crippen molar-refractivity contribution in [2.24, 2.45) is 0 Å². The first-order chi connectivity index (χ1) is 6.33. The Bertz CT molecular complexity index is 491. The number of aliphatic hydroxyl groups is 1. The monoisotopic (exact) mass is 216 g/mol. The molecule has 0 radical (unpaired) electrons. The van der Waals surface area contributed by atoms with Crippen molar-refractivity contribution in [2.45, 2.75) is 17.4 Å². The summed E-state index contributed by atoms with van der Waals surface area (Å²) < 4.78 is 35.8. The second-order valence-electron chi connectivity index (χ2n) is 3.67. The van der Waals surface area contributed by atoms with E-state index in [9.17, 15) is 17.9 Å². The Morgan fingerprint density at radius 2 is 2.14 bits per heavy atom. The fourth-order valence-corrected chi connectivity index (χ4v) is 3.66. The second-order valence-corrected chi connectivity index (χ2v) is 5.63. The van der Waals surface area contributed by atoms with E-state index >= 15 is 0 Å². The van der Waals surface area contributed by atoms with Crippen molar-refractivity contribution < 1.29 is 17.9 Å². The Labute approximate surface area is 81.1 Å². The van der Waals surface area contributed by atoms with Crippen molar-refractivity contribution in [3.05, 3.63) is 29.6 Å². The lowest BCUT2D eigenvalue weighted by Gasteiger charge is -2.14. The highest BCUT2D eigenvalue weighted by Gasteiger charge is 2.42. The van der Waals surface area contributed by atoms with Gasteiger partial charge in [-0.25, -0.2) is 12.8 Å². The largest absolute Gasteiger partial charge is 0.384 e. The standard InChI is InChI=1S/C9H9FO3S/c1-9(11)5-14(12,13)8-3-2-6(10)4-7(8)9/h2-4,11H,5H2,1H3. The van der Waals surface area contributed by atoms with E-state index in [-0.39, 0.29) is 16.2 Å². The highest BCUT2D eigenvalue weighted by Crippen LogP contribution is 2.37. The van der Waals surface area contributed by atoms with E-state index in [1.807, 2.05) is 0 Å². The van der Waals surface area contributed by atoms with Gasteiger partial charge in [-0.15, -0.1) is 0 Å². The predicted octanol–water partition coefficient (Wildman–Crippen LogP) is 0.821. The zero-order valence-corrected chi connectivity index (χ0v) is 8.31. The lowest BCUT2D eigenvalue weighted by molar-refractivity contribution is 0.0838. The maximum absolute atomic E-state index is 12.9. The first-order valence-electron chi connectivity index (χ1n) is 4.08. The Morgan fingerprint density at radius 3 is 2.79 bits per heavy atom. The van der Waals surface area contributed by atoms with Crippen LogP contribution in [0.15, 0.2) is 23.1 Å². The molecular weight excluding hydrogens is 207 g/mol. The molecule has 1 N–H and O–H groups in total. The molecule has 3 nitrogen and oxygen atoms in total. The van der Waals surface area contributed by atoms with Gasteiger partial charge in [-0.05, 0) is 25.1 Å². The summed E-state index contributed by atoms with van der Waals surface area (Å²) in [6.07, 6.45) is 0. The van der Waals surface area contributed by atoms with E-state index in [4.69, 9.17) is 0 Å². The van der Waals surface area contributed by atoms with Crippen LogP contribution in [0, 0.1) is 5.82 Å². The van der Waals surface area contributed by atoms with E-state index in [0.29, 0.717) is 0 Å². The third kappa shape index (κ3) is 1.24. The fraction of sp³-hybridized carbons (Fsp3) is 0.333. The Morgan fingerprint density at radius 1 is 1.50 bits per heavy atom. The van der Waals surface area contributed by atoms with Crippen molar-refractivity contribution in [1.82, 2.24) is 0 Å². The predicted molar refractivity (Wildman–Crippen MR) is 48.0 cm³/mol. The molecule has 0 aliphatic carbocycles. The molecule has 1 aliphatic heterocycles. The molecule has 1 aromatic rings. The molecule has 1 heterocycles. The minimum Gasteiger partial charge on any atom is -0.384 e. The minimum absolute atomic E-state index is 0.0314. The van der Waals surface area contributed by atoms with Crippen molar-refractivity contribution >= 4 is 9.84 Å². The molecule has 0 bridgehead atoms. The summed E-state index contributed by atoms with van der Waals surface area (Å²) in [5.41, 5.74) is -1.33. The van der Waals surface area contributed by atoms with Crippen molar-refractivity contribution in [3.63, 3.8) is 0 Å². The second kappa shape index (κ2) is 2.55. The zero-order chi connectivity index (χ0) is 10.6. The average Bonchev–Trinajstić information content (AvgIpc) is 2.17. The summed E-state index contributed by atoms with van der Waals surface area (Å²) in [6, 6.07) is 3.35. The van der Waals surface area contributed by atoms with Crippen molar-refractivity contribution in [3.8, 4) is 0 Å². The lowest BCUT2D eigenvalue weighted by Crippen LogP contribution is -2.23. The molecule has 76 valence electrons. The Kier molecular flexibility index (Phi) is 1.75.